The van der Waals surface area contributed by atoms with E-state index >= 15 is 0 Å². The highest BCUT2D eigenvalue weighted by Crippen LogP contribution is 2.15. The molecule has 2 amide bonds. The number of nitrogens with zero attached hydrogens (tertiary/aromatic N) is 1. The van der Waals surface area contributed by atoms with Gasteiger partial charge in [-0.3, -0.25) is 9.59 Å². The maximum absolute atomic E-state index is 12.0. The summed E-state index contributed by atoms with van der Waals surface area (Å²) in [6.07, 6.45) is 0. The number of aliphatic hydroxyl groups is 1. The molecule has 1 rings (SSSR count). The van der Waals surface area contributed by atoms with Gasteiger partial charge in [0.05, 0.1) is 17.0 Å². The third-order valence-electron chi connectivity index (χ3n) is 2.15. The average molecular weight is 266 g/mol. The highest BCUT2D eigenvalue weighted by molar-refractivity contribution is 7.10. The van der Waals surface area contributed by atoms with Crippen LogP contribution in [-0.4, -0.2) is 41.5 Å². The normalized spacial score (nSPS) is 9.44. The minimum Gasteiger partial charge on any atom is -0.384 e. The quantitative estimate of drug-likeness (QED) is 0.755. The first-order valence-corrected chi connectivity index (χ1v) is 6.22. The lowest BCUT2D eigenvalue weighted by molar-refractivity contribution is -0.118. The largest absolute Gasteiger partial charge is 0.384 e. The monoisotopic (exact) mass is 266 g/mol. The van der Waals surface area contributed by atoms with E-state index in [-0.39, 0.29) is 19.1 Å². The Morgan fingerprint density at radius 3 is 2.83 bits per heavy atom. The lowest BCUT2D eigenvalue weighted by Crippen LogP contribution is -2.38. The highest BCUT2D eigenvalue weighted by Gasteiger charge is 2.17. The van der Waals surface area contributed by atoms with Crippen molar-refractivity contribution in [3.63, 3.8) is 0 Å². The third-order valence-corrected chi connectivity index (χ3v) is 3.00. The Labute approximate surface area is 109 Å². The van der Waals surface area contributed by atoms with Crippen LogP contribution in [-0.2, 0) is 4.79 Å². The van der Waals surface area contributed by atoms with Crippen molar-refractivity contribution in [2.45, 2.75) is 6.92 Å². The van der Waals surface area contributed by atoms with Crippen LogP contribution in [0.25, 0.3) is 0 Å². The van der Waals surface area contributed by atoms with Crippen LogP contribution in [0.2, 0.25) is 0 Å². The molecular weight excluding hydrogens is 252 g/mol. The van der Waals surface area contributed by atoms with Crippen LogP contribution in [0.3, 0.4) is 0 Å². The third kappa shape index (κ3) is 3.87. The number of thiophene rings is 1. The summed E-state index contributed by atoms with van der Waals surface area (Å²) in [5.74, 6) is 4.45. The number of hydrogen-bond donors (Lipinski definition) is 2. The molecule has 0 aromatic carbocycles. The predicted molar refractivity (Wildman–Crippen MR) is 69.1 cm³/mol. The summed E-state index contributed by atoms with van der Waals surface area (Å²) in [4.78, 5) is 24.9. The maximum Gasteiger partial charge on any atom is 0.255 e. The first-order chi connectivity index (χ1) is 8.58. The number of carbonyl (C=O) groups is 2. The van der Waals surface area contributed by atoms with Crippen LogP contribution in [0, 0.1) is 11.8 Å². The smallest absolute Gasteiger partial charge is 0.255 e. The number of hydrogen-bond acceptors (Lipinski definition) is 4. The predicted octanol–water partition coefficient (Wildman–Crippen LogP) is 0.0393. The van der Waals surface area contributed by atoms with Crippen LogP contribution >= 0.6 is 11.3 Å². The number of rotatable bonds is 4. The number of amides is 2. The SMILES string of the molecule is CCN(CC(N)=O)C(=O)c1csc(C#CCO)c1. The van der Waals surface area contributed by atoms with Gasteiger partial charge in [0.2, 0.25) is 5.91 Å². The molecule has 0 spiro atoms. The summed E-state index contributed by atoms with van der Waals surface area (Å²) in [7, 11) is 0. The Morgan fingerprint density at radius 1 is 1.56 bits per heavy atom. The Morgan fingerprint density at radius 2 is 2.28 bits per heavy atom. The molecule has 0 unspecified atom stereocenters. The van der Waals surface area contributed by atoms with Crippen molar-refractivity contribution in [3.05, 3.63) is 21.9 Å². The zero-order valence-corrected chi connectivity index (χ0v) is 10.8. The second-order valence-corrected chi connectivity index (χ2v) is 4.36. The van der Waals surface area contributed by atoms with Crippen LogP contribution < -0.4 is 5.73 Å². The number of nitrogens with two attached hydrogens (primary N) is 1. The van der Waals surface area contributed by atoms with E-state index in [0.717, 1.165) is 0 Å². The highest BCUT2D eigenvalue weighted by atomic mass is 32.1. The summed E-state index contributed by atoms with van der Waals surface area (Å²) in [6.45, 7) is 1.88. The molecule has 1 aromatic heterocycles. The minimum atomic E-state index is -0.541. The standard InChI is InChI=1S/C12H14N2O3S/c1-2-14(7-11(13)16)12(17)9-6-10(18-8-9)4-3-5-15/h6,8,15H,2,5,7H2,1H3,(H2,13,16). The van der Waals surface area contributed by atoms with E-state index in [9.17, 15) is 9.59 Å². The van der Waals surface area contributed by atoms with E-state index in [4.69, 9.17) is 10.8 Å². The number of carbonyl (C=O) groups excluding carboxylic acids is 2. The fraction of sp³-hybridized carbons (Fsp3) is 0.333. The van der Waals surface area contributed by atoms with E-state index < -0.39 is 5.91 Å². The Hall–Kier alpha value is -1.84. The zero-order valence-electron chi connectivity index (χ0n) is 9.97. The molecule has 96 valence electrons. The van der Waals surface area contributed by atoms with Gasteiger partial charge < -0.3 is 15.7 Å². The van der Waals surface area contributed by atoms with Gasteiger partial charge in [-0.1, -0.05) is 11.8 Å². The summed E-state index contributed by atoms with van der Waals surface area (Å²) < 4.78 is 0. The molecule has 0 saturated carbocycles. The number of likely N-dealkylation sites (N-methyl/N-ethyl adjacent to an activating group) is 1. The molecule has 0 aliphatic carbocycles. The molecule has 0 fully saturated rings. The molecule has 5 nitrogen and oxygen atoms in total. The lowest BCUT2D eigenvalue weighted by atomic mass is 10.2. The summed E-state index contributed by atoms with van der Waals surface area (Å²) in [5, 5.41) is 10.2. The van der Waals surface area contributed by atoms with Gasteiger partial charge in [-0.25, -0.2) is 0 Å². The van der Waals surface area contributed by atoms with Gasteiger partial charge in [-0.15, -0.1) is 11.3 Å². The Kier molecular flexibility index (Phi) is 5.36. The van der Waals surface area contributed by atoms with Crippen molar-refractivity contribution >= 4 is 23.2 Å². The van der Waals surface area contributed by atoms with Gasteiger partial charge >= 0.3 is 0 Å². The molecule has 0 atom stereocenters. The van der Waals surface area contributed by atoms with Gasteiger partial charge in [-0.05, 0) is 13.0 Å². The number of aliphatic hydroxyl groups excluding tert-OH is 1. The number of primary amides is 1. The Bertz CT molecular complexity index is 499. The fourth-order valence-corrected chi connectivity index (χ4v) is 2.09. The molecule has 0 saturated heterocycles. The van der Waals surface area contributed by atoms with Gasteiger partial charge in [-0.2, -0.15) is 0 Å². The van der Waals surface area contributed by atoms with Crippen molar-refractivity contribution in [2.75, 3.05) is 19.7 Å². The zero-order chi connectivity index (χ0) is 13.5. The summed E-state index contributed by atoms with van der Waals surface area (Å²) >= 11 is 1.32. The van der Waals surface area contributed by atoms with E-state index in [0.29, 0.717) is 17.0 Å². The second kappa shape index (κ2) is 6.79. The topological polar surface area (TPSA) is 83.6 Å². The average Bonchev–Trinajstić information content (AvgIpc) is 2.81. The first-order valence-electron chi connectivity index (χ1n) is 5.34. The van der Waals surface area contributed by atoms with Gasteiger partial charge in [0, 0.05) is 11.9 Å². The van der Waals surface area contributed by atoms with Crippen LogP contribution in [0.5, 0.6) is 0 Å². The van der Waals surface area contributed by atoms with E-state index in [1.807, 2.05) is 0 Å². The Balaban J connectivity index is 2.82. The molecule has 1 aromatic rings. The van der Waals surface area contributed by atoms with Gasteiger partial charge in [0.15, 0.2) is 0 Å². The molecule has 0 aliphatic rings. The summed E-state index contributed by atoms with van der Waals surface area (Å²) in [6, 6.07) is 1.64. The van der Waals surface area contributed by atoms with Crippen molar-refractivity contribution in [2.24, 2.45) is 5.73 Å². The second-order valence-electron chi connectivity index (χ2n) is 3.45. The van der Waals surface area contributed by atoms with Crippen LogP contribution in [0.1, 0.15) is 22.2 Å². The van der Waals surface area contributed by atoms with Crippen molar-refractivity contribution in [3.8, 4) is 11.8 Å². The van der Waals surface area contributed by atoms with E-state index in [2.05, 4.69) is 11.8 Å². The van der Waals surface area contributed by atoms with Crippen molar-refractivity contribution in [1.82, 2.24) is 4.90 Å². The minimum absolute atomic E-state index is 0.0944. The van der Waals surface area contributed by atoms with Crippen molar-refractivity contribution in [1.29, 1.82) is 0 Å². The molecule has 1 heterocycles. The molecular formula is C12H14N2O3S. The van der Waals surface area contributed by atoms with Crippen LogP contribution in [0.4, 0.5) is 0 Å². The summed E-state index contributed by atoms with van der Waals surface area (Å²) in [5.41, 5.74) is 5.55. The molecule has 0 aliphatic heterocycles. The van der Waals surface area contributed by atoms with Gasteiger partial charge in [0.25, 0.3) is 5.91 Å². The van der Waals surface area contributed by atoms with E-state index in [1.165, 1.54) is 16.2 Å². The first kappa shape index (κ1) is 14.2. The fourth-order valence-electron chi connectivity index (χ4n) is 1.34. The van der Waals surface area contributed by atoms with Gasteiger partial charge in [0.1, 0.15) is 6.61 Å². The lowest BCUT2D eigenvalue weighted by Gasteiger charge is -2.17. The van der Waals surface area contributed by atoms with E-state index in [1.54, 1.807) is 18.4 Å². The van der Waals surface area contributed by atoms with Crippen LogP contribution in [0.15, 0.2) is 11.4 Å². The molecule has 0 bridgehead atoms. The molecule has 18 heavy (non-hydrogen) atoms. The molecule has 0 radical (unpaired) electrons. The van der Waals surface area contributed by atoms with Crippen molar-refractivity contribution < 1.29 is 14.7 Å². The molecule has 3 N–H and O–H groups in total. The molecule has 6 heteroatoms. The maximum atomic E-state index is 12.0.